The number of anilines is 1. The van der Waals surface area contributed by atoms with Crippen LogP contribution in [-0.4, -0.2) is 4.98 Å². The molecule has 5 heteroatoms. The Morgan fingerprint density at radius 3 is 2.94 bits per heavy atom. The number of halogens is 1. The summed E-state index contributed by atoms with van der Waals surface area (Å²) in [7, 11) is 0. The van der Waals surface area contributed by atoms with E-state index in [4.69, 9.17) is 10.6 Å². The Morgan fingerprint density at radius 1 is 1.39 bits per heavy atom. The average molecular weight is 308 g/mol. The number of nitrogen functional groups attached to an aromatic ring is 1. The number of aryl methyl sites for hydroxylation is 1. The van der Waals surface area contributed by atoms with Crippen molar-refractivity contribution < 1.29 is 4.74 Å². The van der Waals surface area contributed by atoms with E-state index in [1.807, 2.05) is 37.3 Å². The molecule has 94 valence electrons. The minimum atomic E-state index is 0.412. The monoisotopic (exact) mass is 307 g/mol. The smallest absolute Gasteiger partial charge is 0.146 e. The van der Waals surface area contributed by atoms with E-state index in [0.717, 1.165) is 15.8 Å². The first-order valence-corrected chi connectivity index (χ1v) is 6.29. The van der Waals surface area contributed by atoms with Gasteiger partial charge in [-0.15, -0.1) is 0 Å². The van der Waals surface area contributed by atoms with Gasteiger partial charge in [0.2, 0.25) is 0 Å². The minimum absolute atomic E-state index is 0.412. The Labute approximate surface area is 114 Å². The fraction of sp³-hybridized carbons (Fsp3) is 0.154. The van der Waals surface area contributed by atoms with Gasteiger partial charge < -0.3 is 10.2 Å². The van der Waals surface area contributed by atoms with Crippen LogP contribution in [0, 0.1) is 6.92 Å². The number of nitrogens with one attached hydrogen (secondary N) is 1. The topological polar surface area (TPSA) is 60.2 Å². The minimum Gasteiger partial charge on any atom is -0.488 e. The van der Waals surface area contributed by atoms with E-state index >= 15 is 0 Å². The third-order valence-electron chi connectivity index (χ3n) is 2.50. The van der Waals surface area contributed by atoms with Crippen LogP contribution in [0.5, 0.6) is 5.75 Å². The van der Waals surface area contributed by atoms with Crippen LogP contribution in [0.25, 0.3) is 0 Å². The standard InChI is InChI=1S/C13H14BrN3O/c1-9-4-5-12(11(14)7-9)18-8-10-3-2-6-16-13(10)17-15/h2-7H,8,15H2,1H3,(H,16,17). The fourth-order valence-electron chi connectivity index (χ4n) is 1.56. The van der Waals surface area contributed by atoms with Crippen molar-refractivity contribution in [2.24, 2.45) is 5.84 Å². The van der Waals surface area contributed by atoms with Crippen LogP contribution < -0.4 is 16.0 Å². The summed E-state index contributed by atoms with van der Waals surface area (Å²) in [6.07, 6.45) is 1.68. The predicted octanol–water partition coefficient (Wildman–Crippen LogP) is 3.02. The second-order valence-corrected chi connectivity index (χ2v) is 4.73. The fourth-order valence-corrected chi connectivity index (χ4v) is 2.17. The molecule has 18 heavy (non-hydrogen) atoms. The molecule has 2 aromatic rings. The summed E-state index contributed by atoms with van der Waals surface area (Å²) < 4.78 is 6.68. The van der Waals surface area contributed by atoms with Crippen molar-refractivity contribution in [3.05, 3.63) is 52.1 Å². The molecule has 0 unspecified atom stereocenters. The lowest BCUT2D eigenvalue weighted by atomic mass is 10.2. The Balaban J connectivity index is 2.11. The Morgan fingerprint density at radius 2 is 2.22 bits per heavy atom. The summed E-state index contributed by atoms with van der Waals surface area (Å²) in [6.45, 7) is 2.45. The van der Waals surface area contributed by atoms with E-state index < -0.39 is 0 Å². The molecule has 0 spiro atoms. The van der Waals surface area contributed by atoms with E-state index in [0.29, 0.717) is 12.4 Å². The van der Waals surface area contributed by atoms with Gasteiger partial charge in [0.05, 0.1) is 4.47 Å². The van der Waals surface area contributed by atoms with E-state index in [1.165, 1.54) is 5.56 Å². The Kier molecular flexibility index (Phi) is 4.17. The lowest BCUT2D eigenvalue weighted by Crippen LogP contribution is -2.12. The number of aromatic nitrogens is 1. The summed E-state index contributed by atoms with van der Waals surface area (Å²) >= 11 is 3.48. The maximum absolute atomic E-state index is 5.74. The van der Waals surface area contributed by atoms with Crippen molar-refractivity contribution in [2.45, 2.75) is 13.5 Å². The molecule has 1 aromatic carbocycles. The third kappa shape index (κ3) is 3.00. The molecule has 0 saturated heterocycles. The van der Waals surface area contributed by atoms with Crippen molar-refractivity contribution in [3.63, 3.8) is 0 Å². The second-order valence-electron chi connectivity index (χ2n) is 3.88. The summed E-state index contributed by atoms with van der Waals surface area (Å²) in [5.74, 6) is 6.82. The zero-order valence-corrected chi connectivity index (χ0v) is 11.6. The first-order chi connectivity index (χ1) is 8.70. The highest BCUT2D eigenvalue weighted by molar-refractivity contribution is 9.10. The van der Waals surface area contributed by atoms with Gasteiger partial charge >= 0.3 is 0 Å². The van der Waals surface area contributed by atoms with Crippen molar-refractivity contribution >= 4 is 21.7 Å². The van der Waals surface area contributed by atoms with E-state index in [2.05, 4.69) is 26.3 Å². The molecule has 0 atom stereocenters. The number of pyridine rings is 1. The molecule has 1 heterocycles. The van der Waals surface area contributed by atoms with Crippen molar-refractivity contribution in [3.8, 4) is 5.75 Å². The number of nitrogens with zero attached hydrogens (tertiary/aromatic N) is 1. The van der Waals surface area contributed by atoms with Crippen LogP contribution in [0.1, 0.15) is 11.1 Å². The molecular formula is C13H14BrN3O. The van der Waals surface area contributed by atoms with Crippen LogP contribution >= 0.6 is 15.9 Å². The van der Waals surface area contributed by atoms with Crippen LogP contribution in [0.15, 0.2) is 41.0 Å². The van der Waals surface area contributed by atoms with Crippen LogP contribution in [0.2, 0.25) is 0 Å². The Bertz CT molecular complexity index is 546. The summed E-state index contributed by atoms with van der Waals surface area (Å²) in [5, 5.41) is 0. The van der Waals surface area contributed by atoms with Gasteiger partial charge in [-0.25, -0.2) is 10.8 Å². The number of rotatable bonds is 4. The lowest BCUT2D eigenvalue weighted by Gasteiger charge is -2.11. The maximum Gasteiger partial charge on any atom is 0.146 e. The molecule has 0 aliphatic carbocycles. The summed E-state index contributed by atoms with van der Waals surface area (Å²) in [4.78, 5) is 4.12. The van der Waals surface area contributed by atoms with E-state index in [-0.39, 0.29) is 0 Å². The van der Waals surface area contributed by atoms with Gasteiger partial charge in [0.1, 0.15) is 18.2 Å². The zero-order chi connectivity index (χ0) is 13.0. The molecule has 0 radical (unpaired) electrons. The highest BCUT2D eigenvalue weighted by Gasteiger charge is 2.05. The number of hydrazine groups is 1. The Hall–Kier alpha value is -1.59. The van der Waals surface area contributed by atoms with Gasteiger partial charge in [-0.05, 0) is 46.6 Å². The van der Waals surface area contributed by atoms with Gasteiger partial charge in [-0.1, -0.05) is 12.1 Å². The molecule has 0 saturated carbocycles. The number of hydrogen-bond acceptors (Lipinski definition) is 4. The molecule has 0 amide bonds. The molecule has 4 nitrogen and oxygen atoms in total. The normalized spacial score (nSPS) is 10.2. The molecule has 1 aromatic heterocycles. The van der Waals surface area contributed by atoms with E-state index in [1.54, 1.807) is 6.20 Å². The number of benzene rings is 1. The third-order valence-corrected chi connectivity index (χ3v) is 3.12. The predicted molar refractivity (Wildman–Crippen MR) is 75.3 cm³/mol. The molecule has 2 rings (SSSR count). The first kappa shape index (κ1) is 12.9. The van der Waals surface area contributed by atoms with Crippen LogP contribution in [0.4, 0.5) is 5.82 Å². The van der Waals surface area contributed by atoms with Crippen LogP contribution in [-0.2, 0) is 6.61 Å². The lowest BCUT2D eigenvalue weighted by molar-refractivity contribution is 0.304. The number of nitrogens with two attached hydrogens (primary N) is 1. The number of ether oxygens (including phenoxy) is 1. The molecule has 0 aliphatic rings. The van der Waals surface area contributed by atoms with Gasteiger partial charge in [-0.3, -0.25) is 0 Å². The van der Waals surface area contributed by atoms with Gasteiger partial charge in [0.15, 0.2) is 0 Å². The van der Waals surface area contributed by atoms with Gasteiger partial charge in [-0.2, -0.15) is 0 Å². The average Bonchev–Trinajstić information content (AvgIpc) is 2.38. The largest absolute Gasteiger partial charge is 0.488 e. The first-order valence-electron chi connectivity index (χ1n) is 5.50. The van der Waals surface area contributed by atoms with Crippen molar-refractivity contribution in [1.29, 1.82) is 0 Å². The SMILES string of the molecule is Cc1ccc(OCc2cccnc2NN)c(Br)c1. The zero-order valence-electron chi connectivity index (χ0n) is 9.98. The molecule has 3 N–H and O–H groups in total. The second kappa shape index (κ2) is 5.84. The van der Waals surface area contributed by atoms with Crippen LogP contribution in [0.3, 0.4) is 0 Å². The van der Waals surface area contributed by atoms with Gasteiger partial charge in [0.25, 0.3) is 0 Å². The summed E-state index contributed by atoms with van der Waals surface area (Å²) in [5.41, 5.74) is 4.64. The molecule has 0 fully saturated rings. The highest BCUT2D eigenvalue weighted by atomic mass is 79.9. The number of hydrogen-bond donors (Lipinski definition) is 2. The van der Waals surface area contributed by atoms with Gasteiger partial charge in [0, 0.05) is 11.8 Å². The molecule has 0 aliphatic heterocycles. The van der Waals surface area contributed by atoms with Crippen molar-refractivity contribution in [1.82, 2.24) is 4.98 Å². The van der Waals surface area contributed by atoms with E-state index in [9.17, 15) is 0 Å². The highest BCUT2D eigenvalue weighted by Crippen LogP contribution is 2.27. The summed E-state index contributed by atoms with van der Waals surface area (Å²) in [6, 6.07) is 9.73. The maximum atomic E-state index is 5.74. The molecule has 0 bridgehead atoms. The molecular weight excluding hydrogens is 294 g/mol. The van der Waals surface area contributed by atoms with Crippen molar-refractivity contribution in [2.75, 3.05) is 5.43 Å². The quantitative estimate of drug-likeness (QED) is 0.673.